The minimum Gasteiger partial charge on any atom is -0.374 e. The monoisotopic (exact) mass is 345 g/mol. The van der Waals surface area contributed by atoms with Crippen LogP contribution in [0.15, 0.2) is 4.99 Å². The molecule has 138 valence electrons. The van der Waals surface area contributed by atoms with Crippen molar-refractivity contribution in [3.05, 3.63) is 0 Å². The van der Waals surface area contributed by atoms with E-state index < -0.39 is 8.80 Å². The fourth-order valence-electron chi connectivity index (χ4n) is 3.00. The van der Waals surface area contributed by atoms with Crippen LogP contribution >= 0.6 is 0 Å². The predicted molar refractivity (Wildman–Crippen MR) is 101 cm³/mol. The Labute approximate surface area is 145 Å². The maximum atomic E-state index is 6.09. The van der Waals surface area contributed by atoms with Crippen molar-refractivity contribution in [2.75, 3.05) is 26.4 Å². The molecule has 0 N–H and O–H groups in total. The van der Waals surface area contributed by atoms with Crippen LogP contribution < -0.4 is 0 Å². The first-order valence-corrected chi connectivity index (χ1v) is 11.2. The summed E-state index contributed by atoms with van der Waals surface area (Å²) in [4.78, 5) is 4.75. The van der Waals surface area contributed by atoms with Gasteiger partial charge in [0.25, 0.3) is 0 Å². The average Bonchev–Trinajstić information content (AvgIpc) is 2.46. The highest BCUT2D eigenvalue weighted by Crippen LogP contribution is 2.33. The van der Waals surface area contributed by atoms with Crippen molar-refractivity contribution < 1.29 is 13.3 Å². The molecule has 0 aliphatic heterocycles. The summed E-state index contributed by atoms with van der Waals surface area (Å²) in [5.41, 5.74) is 1.58. The summed E-state index contributed by atoms with van der Waals surface area (Å²) in [6.45, 7) is 17.6. The van der Waals surface area contributed by atoms with Gasteiger partial charge in [0.1, 0.15) is 0 Å². The van der Waals surface area contributed by atoms with Crippen molar-refractivity contribution in [3.8, 4) is 0 Å². The number of hydrogen-bond donors (Lipinski definition) is 0. The molecule has 0 heterocycles. The fraction of sp³-hybridized carbons (Fsp3) is 0.944. The van der Waals surface area contributed by atoms with Gasteiger partial charge in [0.05, 0.1) is 0 Å². The number of aliphatic imine (C=N–C) groups is 1. The normalized spacial score (nSPS) is 14.5. The van der Waals surface area contributed by atoms with Gasteiger partial charge in [0.15, 0.2) is 0 Å². The molecule has 0 saturated heterocycles. The van der Waals surface area contributed by atoms with Gasteiger partial charge in [-0.1, -0.05) is 27.2 Å². The number of rotatable bonds is 14. The Morgan fingerprint density at radius 2 is 1.43 bits per heavy atom. The van der Waals surface area contributed by atoms with Crippen LogP contribution in [0.2, 0.25) is 5.54 Å². The zero-order valence-corrected chi connectivity index (χ0v) is 17.5. The summed E-state index contributed by atoms with van der Waals surface area (Å²) in [5, 5.41) is 0. The quantitative estimate of drug-likeness (QED) is 0.325. The van der Waals surface area contributed by atoms with Crippen molar-refractivity contribution in [1.29, 1.82) is 0 Å². The lowest BCUT2D eigenvalue weighted by Gasteiger charge is -2.35. The molecule has 0 fully saturated rings. The second kappa shape index (κ2) is 13.1. The van der Waals surface area contributed by atoms with Crippen LogP contribution in [0.1, 0.15) is 74.1 Å². The molecule has 0 saturated carbocycles. The van der Waals surface area contributed by atoms with Gasteiger partial charge in [-0.05, 0) is 52.9 Å². The minimum absolute atomic E-state index is 0.336. The van der Waals surface area contributed by atoms with Crippen LogP contribution in [0.3, 0.4) is 0 Å². The minimum atomic E-state index is -2.62. The van der Waals surface area contributed by atoms with Crippen LogP contribution in [0.5, 0.6) is 0 Å². The molecule has 0 aromatic heterocycles. The molecule has 23 heavy (non-hydrogen) atoms. The molecule has 5 heteroatoms. The molecule has 0 spiro atoms. The van der Waals surface area contributed by atoms with Gasteiger partial charge in [-0.25, -0.2) is 0 Å². The van der Waals surface area contributed by atoms with E-state index in [1.54, 1.807) is 0 Å². The first-order valence-electron chi connectivity index (χ1n) is 9.37. The van der Waals surface area contributed by atoms with Crippen molar-refractivity contribution in [2.24, 2.45) is 10.9 Å². The van der Waals surface area contributed by atoms with E-state index in [2.05, 4.69) is 27.7 Å². The molecule has 0 aliphatic rings. The third kappa shape index (κ3) is 8.98. The Balaban J connectivity index is 4.98. The summed E-state index contributed by atoms with van der Waals surface area (Å²) in [5.74, 6) is 0.661. The third-order valence-corrected chi connectivity index (χ3v) is 7.39. The molecule has 0 amide bonds. The van der Waals surface area contributed by atoms with Crippen LogP contribution in [0, 0.1) is 5.92 Å². The molecule has 0 bridgehead atoms. The Kier molecular flexibility index (Phi) is 13.0. The van der Waals surface area contributed by atoms with E-state index in [1.807, 2.05) is 20.8 Å². The van der Waals surface area contributed by atoms with Crippen molar-refractivity contribution in [3.63, 3.8) is 0 Å². The van der Waals surface area contributed by atoms with Gasteiger partial charge in [-0.15, -0.1) is 0 Å². The SMILES string of the molecule is CCCC(CC/N=C(/C)CC(C)C)[Si](OCC)(OCC)OCC. The van der Waals surface area contributed by atoms with Crippen LogP contribution in [0.4, 0.5) is 0 Å². The highest BCUT2D eigenvalue weighted by atomic mass is 28.4. The fourth-order valence-corrected chi connectivity index (χ4v) is 6.28. The number of nitrogens with zero attached hydrogens (tertiary/aromatic N) is 1. The van der Waals surface area contributed by atoms with Crippen LogP contribution in [0.25, 0.3) is 0 Å². The summed E-state index contributed by atoms with van der Waals surface area (Å²) >= 11 is 0. The first kappa shape index (κ1) is 22.8. The largest absolute Gasteiger partial charge is 0.504 e. The van der Waals surface area contributed by atoms with E-state index in [1.165, 1.54) is 5.71 Å². The van der Waals surface area contributed by atoms with E-state index >= 15 is 0 Å². The lowest BCUT2D eigenvalue weighted by Crippen LogP contribution is -2.50. The highest BCUT2D eigenvalue weighted by Gasteiger charge is 2.48. The van der Waals surface area contributed by atoms with Gasteiger partial charge < -0.3 is 13.3 Å². The standard InChI is InChI=1S/C18H39NO3Si/c1-8-12-18(13-14-19-17(7)15-16(5)6)23(20-9-2,21-10-3)22-11-4/h16,18H,8-15H2,1-7H3/b19-17-. The molecular formula is C18H39NO3Si. The molecule has 0 aromatic carbocycles. The summed E-state index contributed by atoms with van der Waals surface area (Å²) in [6, 6.07) is 0. The predicted octanol–water partition coefficient (Wildman–Crippen LogP) is 5.10. The van der Waals surface area contributed by atoms with E-state index in [0.29, 0.717) is 31.3 Å². The molecule has 0 radical (unpaired) electrons. The summed E-state index contributed by atoms with van der Waals surface area (Å²) in [7, 11) is -2.62. The molecule has 1 atom stereocenters. The maximum absolute atomic E-state index is 6.09. The van der Waals surface area contributed by atoms with Gasteiger partial charge >= 0.3 is 8.80 Å². The van der Waals surface area contributed by atoms with Gasteiger partial charge in [-0.3, -0.25) is 4.99 Å². The lowest BCUT2D eigenvalue weighted by molar-refractivity contribution is 0.0587. The summed E-state index contributed by atoms with van der Waals surface area (Å²) < 4.78 is 18.3. The molecule has 0 rings (SSSR count). The first-order chi connectivity index (χ1) is 11.0. The Hall–Kier alpha value is -0.233. The summed E-state index contributed by atoms with van der Waals surface area (Å²) in [6.07, 6.45) is 4.24. The van der Waals surface area contributed by atoms with Crippen LogP contribution in [-0.2, 0) is 13.3 Å². The number of hydrogen-bond acceptors (Lipinski definition) is 4. The second-order valence-electron chi connectivity index (χ2n) is 6.39. The highest BCUT2D eigenvalue weighted by molar-refractivity contribution is 6.62. The van der Waals surface area contributed by atoms with Crippen molar-refractivity contribution >= 4 is 14.5 Å². The molecular weight excluding hydrogens is 306 g/mol. The molecule has 0 aliphatic carbocycles. The topological polar surface area (TPSA) is 40.0 Å². The second-order valence-corrected chi connectivity index (χ2v) is 9.28. The van der Waals surface area contributed by atoms with E-state index in [-0.39, 0.29) is 0 Å². The van der Waals surface area contributed by atoms with E-state index in [0.717, 1.165) is 32.2 Å². The average molecular weight is 346 g/mol. The van der Waals surface area contributed by atoms with Crippen molar-refractivity contribution in [2.45, 2.75) is 79.7 Å². The Morgan fingerprint density at radius 3 is 1.83 bits per heavy atom. The van der Waals surface area contributed by atoms with E-state index in [9.17, 15) is 0 Å². The Morgan fingerprint density at radius 1 is 0.913 bits per heavy atom. The van der Waals surface area contributed by atoms with Crippen LogP contribution in [-0.4, -0.2) is 40.9 Å². The zero-order valence-electron chi connectivity index (χ0n) is 16.5. The van der Waals surface area contributed by atoms with Gasteiger partial charge in [0, 0.05) is 37.6 Å². The smallest absolute Gasteiger partial charge is 0.374 e. The lowest BCUT2D eigenvalue weighted by atomic mass is 10.1. The van der Waals surface area contributed by atoms with Gasteiger partial charge in [-0.2, -0.15) is 0 Å². The molecule has 1 unspecified atom stereocenters. The molecule has 4 nitrogen and oxygen atoms in total. The Bertz CT molecular complexity index is 304. The van der Waals surface area contributed by atoms with Crippen molar-refractivity contribution in [1.82, 2.24) is 0 Å². The van der Waals surface area contributed by atoms with Gasteiger partial charge in [0.2, 0.25) is 0 Å². The van der Waals surface area contributed by atoms with E-state index in [4.69, 9.17) is 18.3 Å². The zero-order chi connectivity index (χ0) is 17.7. The molecule has 0 aromatic rings. The third-order valence-electron chi connectivity index (χ3n) is 3.74. The maximum Gasteiger partial charge on any atom is 0.504 e.